The van der Waals surface area contributed by atoms with Crippen LogP contribution in [0.3, 0.4) is 0 Å². The van der Waals surface area contributed by atoms with Gasteiger partial charge in [-0.3, -0.25) is 4.79 Å². The average molecular weight is 352 g/mol. The van der Waals surface area contributed by atoms with Crippen molar-refractivity contribution in [2.75, 3.05) is 26.0 Å². The van der Waals surface area contributed by atoms with Gasteiger partial charge in [0.1, 0.15) is 10.6 Å². The topological polar surface area (TPSA) is 75.7 Å². The van der Waals surface area contributed by atoms with E-state index < -0.39 is 10.0 Å². The maximum absolute atomic E-state index is 12.5. The van der Waals surface area contributed by atoms with Crippen molar-refractivity contribution >= 4 is 21.6 Å². The predicted octanol–water partition coefficient (Wildman–Crippen LogP) is 2.63. The van der Waals surface area contributed by atoms with E-state index in [2.05, 4.69) is 17.5 Å². The molecule has 0 fully saturated rings. The summed E-state index contributed by atoms with van der Waals surface area (Å²) in [6.45, 7) is 2.15. The van der Waals surface area contributed by atoms with Crippen LogP contribution < -0.4 is 10.1 Å². The van der Waals surface area contributed by atoms with Crippen molar-refractivity contribution in [2.24, 2.45) is 5.92 Å². The second-order valence-corrected chi connectivity index (χ2v) is 8.02. The van der Waals surface area contributed by atoms with Gasteiger partial charge in [0.05, 0.1) is 6.61 Å². The normalized spacial score (nSPS) is 17.2. The summed E-state index contributed by atoms with van der Waals surface area (Å²) in [7, 11) is -0.742. The molecule has 1 amide bonds. The van der Waals surface area contributed by atoms with E-state index in [9.17, 15) is 13.2 Å². The number of allylic oxidation sites excluding steroid dienone is 2. The molecule has 6 nitrogen and oxygen atoms in total. The molecule has 0 bridgehead atoms. The fourth-order valence-electron chi connectivity index (χ4n) is 2.57. The molecular weight excluding hydrogens is 328 g/mol. The zero-order chi connectivity index (χ0) is 17.7. The van der Waals surface area contributed by atoms with Crippen LogP contribution in [0.1, 0.15) is 26.2 Å². The molecule has 2 rings (SSSR count). The Kier molecular flexibility index (Phi) is 6.01. The van der Waals surface area contributed by atoms with Gasteiger partial charge < -0.3 is 10.1 Å². The summed E-state index contributed by atoms with van der Waals surface area (Å²) < 4.78 is 31.5. The minimum absolute atomic E-state index is 0.0490. The van der Waals surface area contributed by atoms with Gasteiger partial charge in [-0.2, -0.15) is 0 Å². The van der Waals surface area contributed by atoms with Crippen LogP contribution in [0.2, 0.25) is 0 Å². The molecule has 1 atom stereocenters. The monoisotopic (exact) mass is 352 g/mol. The van der Waals surface area contributed by atoms with Gasteiger partial charge in [-0.15, -0.1) is 0 Å². The van der Waals surface area contributed by atoms with Gasteiger partial charge >= 0.3 is 0 Å². The van der Waals surface area contributed by atoms with Crippen LogP contribution in [0.15, 0.2) is 35.2 Å². The molecule has 0 heterocycles. The van der Waals surface area contributed by atoms with E-state index >= 15 is 0 Å². The zero-order valence-electron chi connectivity index (χ0n) is 14.3. The van der Waals surface area contributed by atoms with E-state index in [0.29, 0.717) is 18.7 Å². The van der Waals surface area contributed by atoms with Crippen molar-refractivity contribution in [1.29, 1.82) is 0 Å². The van der Waals surface area contributed by atoms with Crippen LogP contribution in [0, 0.1) is 5.92 Å². The van der Waals surface area contributed by atoms with Crippen LogP contribution in [0.4, 0.5) is 5.69 Å². The first-order chi connectivity index (χ1) is 11.3. The number of nitrogens with one attached hydrogen (secondary N) is 1. The molecule has 0 unspecified atom stereocenters. The van der Waals surface area contributed by atoms with Crippen LogP contribution >= 0.6 is 0 Å². The van der Waals surface area contributed by atoms with Crippen LogP contribution in [-0.2, 0) is 14.8 Å². The highest BCUT2D eigenvalue weighted by molar-refractivity contribution is 7.89. The predicted molar refractivity (Wildman–Crippen MR) is 93.6 cm³/mol. The minimum atomic E-state index is -3.66. The lowest BCUT2D eigenvalue weighted by Crippen LogP contribution is -2.23. The van der Waals surface area contributed by atoms with Gasteiger partial charge in [0, 0.05) is 26.2 Å². The average Bonchev–Trinajstić information content (AvgIpc) is 3.01. The Bertz CT molecular complexity index is 726. The highest BCUT2D eigenvalue weighted by atomic mass is 32.2. The summed E-state index contributed by atoms with van der Waals surface area (Å²) >= 11 is 0. The molecule has 0 radical (unpaired) electrons. The molecule has 1 aromatic rings. The lowest BCUT2D eigenvalue weighted by atomic mass is 10.1. The van der Waals surface area contributed by atoms with E-state index in [1.54, 1.807) is 19.1 Å². The Balaban J connectivity index is 2.22. The summed E-state index contributed by atoms with van der Waals surface area (Å²) in [4.78, 5) is 12.2. The fourth-order valence-corrected chi connectivity index (χ4v) is 3.62. The number of sulfonamides is 1. The Labute approximate surface area is 143 Å². The minimum Gasteiger partial charge on any atom is -0.492 e. The first-order valence-electron chi connectivity index (χ1n) is 8.00. The SMILES string of the molecule is CCOc1ccc(NC(=O)C[C@@H]2C=CCC2)cc1S(=O)(=O)N(C)C. The number of rotatable bonds is 7. The number of ether oxygens (including phenoxy) is 1. The highest BCUT2D eigenvalue weighted by Gasteiger charge is 2.23. The van der Waals surface area contributed by atoms with Gasteiger partial charge in [-0.05, 0) is 43.9 Å². The fraction of sp³-hybridized carbons (Fsp3) is 0.471. The van der Waals surface area contributed by atoms with E-state index in [0.717, 1.165) is 17.1 Å². The third-order valence-electron chi connectivity index (χ3n) is 3.85. The first kappa shape index (κ1) is 18.5. The first-order valence-corrected chi connectivity index (χ1v) is 9.44. The maximum Gasteiger partial charge on any atom is 0.246 e. The zero-order valence-corrected chi connectivity index (χ0v) is 15.1. The number of carbonyl (C=O) groups is 1. The Morgan fingerprint density at radius 1 is 1.38 bits per heavy atom. The molecule has 1 aliphatic carbocycles. The second-order valence-electron chi connectivity index (χ2n) is 5.90. The molecule has 7 heteroatoms. The van der Waals surface area contributed by atoms with Crippen molar-refractivity contribution in [3.8, 4) is 5.75 Å². The molecule has 1 N–H and O–H groups in total. The Hall–Kier alpha value is -1.86. The number of amides is 1. The van der Waals surface area contributed by atoms with Gasteiger partial charge in [0.15, 0.2) is 0 Å². The van der Waals surface area contributed by atoms with E-state index in [4.69, 9.17) is 4.74 Å². The van der Waals surface area contributed by atoms with Crippen molar-refractivity contribution in [3.63, 3.8) is 0 Å². The van der Waals surface area contributed by atoms with Crippen LogP contribution in [0.25, 0.3) is 0 Å². The van der Waals surface area contributed by atoms with Gasteiger partial charge in [-0.25, -0.2) is 12.7 Å². The van der Waals surface area contributed by atoms with Crippen molar-refractivity contribution in [3.05, 3.63) is 30.4 Å². The lowest BCUT2D eigenvalue weighted by molar-refractivity contribution is -0.116. The van der Waals surface area contributed by atoms with E-state index in [1.165, 1.54) is 20.2 Å². The van der Waals surface area contributed by atoms with Crippen LogP contribution in [-0.4, -0.2) is 39.3 Å². The number of nitrogens with zero attached hydrogens (tertiary/aromatic N) is 1. The summed E-state index contributed by atoms with van der Waals surface area (Å²) in [6, 6.07) is 4.68. The molecule has 0 saturated heterocycles. The Morgan fingerprint density at radius 2 is 2.12 bits per heavy atom. The molecule has 0 spiro atoms. The standard InChI is InChI=1S/C17H24N2O4S/c1-4-23-15-10-9-14(12-16(15)24(21,22)19(2)3)18-17(20)11-13-7-5-6-8-13/h5,7,9-10,12-13H,4,6,8,11H2,1-3H3,(H,18,20)/t13-/m1/s1. The molecule has 1 aliphatic rings. The summed E-state index contributed by atoms with van der Waals surface area (Å²) in [6.07, 6.45) is 6.53. The van der Waals surface area contributed by atoms with Crippen molar-refractivity contribution in [2.45, 2.75) is 31.1 Å². The van der Waals surface area contributed by atoms with Crippen molar-refractivity contribution < 1.29 is 17.9 Å². The van der Waals surface area contributed by atoms with E-state index in [-0.39, 0.29) is 22.5 Å². The largest absolute Gasteiger partial charge is 0.492 e. The molecule has 132 valence electrons. The highest BCUT2D eigenvalue weighted by Crippen LogP contribution is 2.29. The molecule has 0 aliphatic heterocycles. The summed E-state index contributed by atoms with van der Waals surface area (Å²) in [5.74, 6) is 0.421. The number of benzene rings is 1. The maximum atomic E-state index is 12.5. The number of hydrogen-bond donors (Lipinski definition) is 1. The molecular formula is C17H24N2O4S. The molecule has 24 heavy (non-hydrogen) atoms. The third-order valence-corrected chi connectivity index (χ3v) is 5.68. The third kappa shape index (κ3) is 4.36. The number of carbonyl (C=O) groups excluding carboxylic acids is 1. The quantitative estimate of drug-likeness (QED) is 0.766. The number of anilines is 1. The molecule has 0 saturated carbocycles. The summed E-state index contributed by atoms with van der Waals surface area (Å²) in [5.41, 5.74) is 0.450. The molecule has 1 aromatic carbocycles. The van der Waals surface area contributed by atoms with Crippen LogP contribution in [0.5, 0.6) is 5.75 Å². The number of hydrogen-bond acceptors (Lipinski definition) is 4. The lowest BCUT2D eigenvalue weighted by Gasteiger charge is -2.17. The van der Waals surface area contributed by atoms with E-state index in [1.807, 2.05) is 0 Å². The van der Waals surface area contributed by atoms with Gasteiger partial charge in [0.2, 0.25) is 15.9 Å². The van der Waals surface area contributed by atoms with Crippen molar-refractivity contribution in [1.82, 2.24) is 4.31 Å². The van der Waals surface area contributed by atoms with Gasteiger partial charge in [-0.1, -0.05) is 12.2 Å². The Morgan fingerprint density at radius 3 is 2.71 bits per heavy atom. The molecule has 0 aromatic heterocycles. The smallest absolute Gasteiger partial charge is 0.246 e. The summed E-state index contributed by atoms with van der Waals surface area (Å²) in [5, 5.41) is 2.78. The van der Waals surface area contributed by atoms with Gasteiger partial charge in [0.25, 0.3) is 0 Å². The second kappa shape index (κ2) is 7.81.